The lowest BCUT2D eigenvalue weighted by Crippen LogP contribution is -2.48. The van der Waals surface area contributed by atoms with Crippen molar-refractivity contribution >= 4 is 29.7 Å². The number of carbonyl (C=O) groups excluding carboxylic acids is 1. The molecule has 2 aliphatic rings. The Bertz CT molecular complexity index is 676. The van der Waals surface area contributed by atoms with Gasteiger partial charge in [-0.2, -0.15) is 0 Å². The lowest BCUT2D eigenvalue weighted by molar-refractivity contribution is 0.0675. The molecular formula is C16H22ClN5OS. The number of piperidine rings is 1. The molecule has 130 valence electrons. The van der Waals surface area contributed by atoms with Crippen molar-refractivity contribution in [1.29, 1.82) is 0 Å². The number of nitrogens with one attached hydrogen (secondary N) is 1. The number of halogens is 1. The number of amides is 1. The summed E-state index contributed by atoms with van der Waals surface area (Å²) in [6, 6.07) is 5.53. The van der Waals surface area contributed by atoms with Crippen molar-refractivity contribution in [3.05, 3.63) is 34.3 Å². The zero-order chi connectivity index (χ0) is 15.8. The summed E-state index contributed by atoms with van der Waals surface area (Å²) < 4.78 is 1.74. The smallest absolute Gasteiger partial charge is 0.276 e. The maximum Gasteiger partial charge on any atom is 0.276 e. The van der Waals surface area contributed by atoms with Gasteiger partial charge in [-0.05, 0) is 37.1 Å². The van der Waals surface area contributed by atoms with Crippen LogP contribution in [-0.4, -0.2) is 51.0 Å². The molecule has 0 aliphatic carbocycles. The lowest BCUT2D eigenvalue weighted by atomic mass is 9.98. The van der Waals surface area contributed by atoms with Crippen LogP contribution in [0.5, 0.6) is 0 Å². The Morgan fingerprint density at radius 3 is 2.83 bits per heavy atom. The minimum Gasteiger partial charge on any atom is -0.337 e. The number of fused-ring (bicyclic) bond motifs is 2. The highest BCUT2D eigenvalue weighted by Crippen LogP contribution is 2.29. The normalized spacial score (nSPS) is 25.3. The van der Waals surface area contributed by atoms with E-state index in [1.807, 2.05) is 23.4 Å². The van der Waals surface area contributed by atoms with Crippen LogP contribution in [0.1, 0.15) is 41.0 Å². The van der Waals surface area contributed by atoms with E-state index in [1.165, 1.54) is 17.7 Å². The Morgan fingerprint density at radius 2 is 2.17 bits per heavy atom. The first-order chi connectivity index (χ1) is 11.2. The largest absolute Gasteiger partial charge is 0.337 e. The van der Waals surface area contributed by atoms with Crippen LogP contribution < -0.4 is 5.32 Å². The maximum absolute atomic E-state index is 12.7. The predicted octanol–water partition coefficient (Wildman–Crippen LogP) is 2.16. The van der Waals surface area contributed by atoms with E-state index < -0.39 is 0 Å². The van der Waals surface area contributed by atoms with Crippen LogP contribution in [0, 0.1) is 0 Å². The number of aromatic nitrogens is 3. The third-order valence-electron chi connectivity index (χ3n) is 4.97. The fourth-order valence-electron chi connectivity index (χ4n) is 3.73. The highest BCUT2D eigenvalue weighted by molar-refractivity contribution is 7.09. The van der Waals surface area contributed by atoms with E-state index in [1.54, 1.807) is 22.2 Å². The van der Waals surface area contributed by atoms with E-state index >= 15 is 0 Å². The van der Waals surface area contributed by atoms with Gasteiger partial charge in [0.1, 0.15) is 0 Å². The molecule has 0 aromatic carbocycles. The zero-order valence-electron chi connectivity index (χ0n) is 13.6. The number of thiophene rings is 1. The summed E-state index contributed by atoms with van der Waals surface area (Å²) in [5.74, 6) is -0.0197. The number of hydrogen-bond acceptors (Lipinski definition) is 5. The first-order valence-electron chi connectivity index (χ1n) is 8.15. The molecule has 1 amide bonds. The van der Waals surface area contributed by atoms with Crippen molar-refractivity contribution in [3.63, 3.8) is 0 Å². The van der Waals surface area contributed by atoms with Gasteiger partial charge in [0.15, 0.2) is 5.69 Å². The predicted molar refractivity (Wildman–Crippen MR) is 95.8 cm³/mol. The minimum absolute atomic E-state index is 0. The number of nitrogens with zero attached hydrogens (tertiary/aromatic N) is 4. The molecule has 2 unspecified atom stereocenters. The second-order valence-corrected chi connectivity index (χ2v) is 7.59. The van der Waals surface area contributed by atoms with Crippen LogP contribution in [0.3, 0.4) is 0 Å². The van der Waals surface area contributed by atoms with E-state index in [0.29, 0.717) is 30.4 Å². The molecular weight excluding hydrogens is 346 g/mol. The third kappa shape index (κ3) is 3.48. The Hall–Kier alpha value is -1.44. The van der Waals surface area contributed by atoms with Gasteiger partial charge in [0.25, 0.3) is 5.91 Å². The van der Waals surface area contributed by atoms with Crippen LogP contribution in [-0.2, 0) is 6.54 Å². The molecule has 4 heterocycles. The molecule has 4 rings (SSSR count). The first-order valence-corrected chi connectivity index (χ1v) is 9.03. The van der Waals surface area contributed by atoms with Gasteiger partial charge in [0.2, 0.25) is 0 Å². The molecule has 2 aliphatic heterocycles. The van der Waals surface area contributed by atoms with Gasteiger partial charge >= 0.3 is 0 Å². The summed E-state index contributed by atoms with van der Waals surface area (Å²) in [6.45, 7) is 0.666. The van der Waals surface area contributed by atoms with Gasteiger partial charge in [0, 0.05) is 30.1 Å². The molecule has 2 aromatic heterocycles. The van der Waals surface area contributed by atoms with E-state index in [4.69, 9.17) is 0 Å². The quantitative estimate of drug-likeness (QED) is 0.899. The fourth-order valence-corrected chi connectivity index (χ4v) is 4.42. The average molecular weight is 368 g/mol. The van der Waals surface area contributed by atoms with Gasteiger partial charge < -0.3 is 10.2 Å². The number of carbonyl (C=O) groups is 1. The molecule has 6 nitrogen and oxygen atoms in total. The van der Waals surface area contributed by atoms with Crippen molar-refractivity contribution in [2.45, 2.75) is 50.4 Å². The summed E-state index contributed by atoms with van der Waals surface area (Å²) in [5, 5.41) is 13.8. The molecule has 2 bridgehead atoms. The van der Waals surface area contributed by atoms with Gasteiger partial charge in [0.05, 0.1) is 12.7 Å². The van der Waals surface area contributed by atoms with Crippen LogP contribution in [0.2, 0.25) is 0 Å². The minimum atomic E-state index is -0.0197. The van der Waals surface area contributed by atoms with Crippen molar-refractivity contribution in [2.75, 3.05) is 7.05 Å². The number of rotatable bonds is 4. The maximum atomic E-state index is 12.7. The van der Waals surface area contributed by atoms with Crippen molar-refractivity contribution in [2.24, 2.45) is 0 Å². The van der Waals surface area contributed by atoms with E-state index in [0.717, 1.165) is 12.8 Å². The standard InChI is InChI=1S/C16H21N5OS.ClH/c1-20(13-7-11-4-5-12(8-13)17-11)16(22)15-10-21(19-18-15)9-14-3-2-6-23-14;/h2-3,6,10-13,17H,4-5,7-9H2,1H3;1H. The molecule has 24 heavy (non-hydrogen) atoms. The van der Waals surface area contributed by atoms with Crippen LogP contribution in [0.4, 0.5) is 0 Å². The molecule has 2 atom stereocenters. The molecule has 2 fully saturated rings. The van der Waals surface area contributed by atoms with E-state index in [9.17, 15) is 4.79 Å². The van der Waals surface area contributed by atoms with Gasteiger partial charge in [-0.15, -0.1) is 28.8 Å². The molecule has 2 saturated heterocycles. The van der Waals surface area contributed by atoms with Gasteiger partial charge in [-0.25, -0.2) is 4.68 Å². The van der Waals surface area contributed by atoms with Crippen LogP contribution in [0.25, 0.3) is 0 Å². The Balaban J connectivity index is 0.00000169. The summed E-state index contributed by atoms with van der Waals surface area (Å²) in [5.41, 5.74) is 0.440. The van der Waals surface area contributed by atoms with Gasteiger partial charge in [-0.1, -0.05) is 11.3 Å². The Morgan fingerprint density at radius 1 is 1.42 bits per heavy atom. The monoisotopic (exact) mass is 367 g/mol. The van der Waals surface area contributed by atoms with Crippen LogP contribution in [0.15, 0.2) is 23.7 Å². The molecule has 8 heteroatoms. The lowest BCUT2D eigenvalue weighted by Gasteiger charge is -2.35. The fraction of sp³-hybridized carbons (Fsp3) is 0.562. The van der Waals surface area contributed by atoms with Gasteiger partial charge in [-0.3, -0.25) is 4.79 Å². The molecule has 0 spiro atoms. The summed E-state index contributed by atoms with van der Waals surface area (Å²) in [7, 11) is 1.90. The molecule has 0 saturated carbocycles. The highest BCUT2D eigenvalue weighted by atomic mass is 35.5. The van der Waals surface area contributed by atoms with Crippen LogP contribution >= 0.6 is 23.7 Å². The van der Waals surface area contributed by atoms with Crippen molar-refractivity contribution in [1.82, 2.24) is 25.2 Å². The summed E-state index contributed by atoms with van der Waals surface area (Å²) in [6.07, 6.45) is 6.32. The Kier molecular flexibility index (Phi) is 5.22. The van der Waals surface area contributed by atoms with E-state index in [-0.39, 0.29) is 18.3 Å². The molecule has 2 aromatic rings. The number of hydrogen-bond donors (Lipinski definition) is 1. The second kappa shape index (κ2) is 7.21. The highest BCUT2D eigenvalue weighted by Gasteiger charge is 2.36. The first kappa shape index (κ1) is 17.4. The van der Waals surface area contributed by atoms with E-state index in [2.05, 4.69) is 21.7 Å². The summed E-state index contributed by atoms with van der Waals surface area (Å²) in [4.78, 5) is 15.8. The van der Waals surface area contributed by atoms with Crippen molar-refractivity contribution < 1.29 is 4.79 Å². The summed E-state index contributed by atoms with van der Waals surface area (Å²) >= 11 is 1.68. The third-order valence-corrected chi connectivity index (χ3v) is 5.83. The Labute approximate surface area is 151 Å². The second-order valence-electron chi connectivity index (χ2n) is 6.56. The molecule has 0 radical (unpaired) electrons. The van der Waals surface area contributed by atoms with Crippen molar-refractivity contribution in [3.8, 4) is 0 Å². The average Bonchev–Trinajstić information content (AvgIpc) is 3.29. The SMILES string of the molecule is CN(C(=O)c1cn(Cc2cccs2)nn1)C1CC2CCC(C1)N2.Cl. The topological polar surface area (TPSA) is 63.1 Å². The zero-order valence-corrected chi connectivity index (χ0v) is 15.2. The molecule has 1 N–H and O–H groups in total.